The Labute approximate surface area is 133 Å². The van der Waals surface area contributed by atoms with E-state index in [0.29, 0.717) is 13.1 Å². The topological polar surface area (TPSA) is 67.6 Å². The van der Waals surface area contributed by atoms with Crippen LogP contribution >= 0.6 is 0 Å². The molecule has 0 radical (unpaired) electrons. The fourth-order valence-corrected chi connectivity index (χ4v) is 2.35. The Morgan fingerprint density at radius 3 is 2.50 bits per heavy atom. The van der Waals surface area contributed by atoms with Crippen molar-refractivity contribution in [2.24, 2.45) is 5.73 Å². The van der Waals surface area contributed by atoms with Gasteiger partial charge in [0.1, 0.15) is 5.60 Å². The fraction of sp³-hybridized carbons (Fsp3) is 0.588. The average Bonchev–Trinajstić information content (AvgIpc) is 2.43. The van der Waals surface area contributed by atoms with Gasteiger partial charge in [-0.2, -0.15) is 0 Å². The lowest BCUT2D eigenvalue weighted by Gasteiger charge is -2.33. The Morgan fingerprint density at radius 1 is 1.36 bits per heavy atom. The van der Waals surface area contributed by atoms with Gasteiger partial charge in [0.05, 0.1) is 6.04 Å². The molecule has 1 aromatic rings. The number of benzene rings is 1. The summed E-state index contributed by atoms with van der Waals surface area (Å²) in [5.74, 6) is 0. The van der Waals surface area contributed by atoms with Crippen molar-refractivity contribution in [2.75, 3.05) is 24.5 Å². The lowest BCUT2D eigenvalue weighted by atomic mass is 10.1. The Balaban J connectivity index is 2.73. The summed E-state index contributed by atoms with van der Waals surface area (Å²) in [6.07, 6.45) is -0.410. The highest BCUT2D eigenvalue weighted by Gasteiger charge is 2.20. The van der Waals surface area contributed by atoms with E-state index in [1.54, 1.807) is 0 Å². The molecule has 5 nitrogen and oxygen atoms in total. The molecule has 124 valence electrons. The van der Waals surface area contributed by atoms with E-state index in [2.05, 4.69) is 36.2 Å². The van der Waals surface area contributed by atoms with Gasteiger partial charge in [-0.15, -0.1) is 0 Å². The molecule has 0 spiro atoms. The van der Waals surface area contributed by atoms with Crippen molar-refractivity contribution >= 4 is 11.8 Å². The fourth-order valence-electron chi connectivity index (χ4n) is 2.35. The Morgan fingerprint density at radius 2 is 2.00 bits per heavy atom. The predicted molar refractivity (Wildman–Crippen MR) is 91.3 cm³/mol. The molecule has 0 saturated heterocycles. The van der Waals surface area contributed by atoms with E-state index in [-0.39, 0.29) is 6.04 Å². The first-order valence-corrected chi connectivity index (χ1v) is 7.77. The van der Waals surface area contributed by atoms with Crippen molar-refractivity contribution in [1.82, 2.24) is 5.32 Å². The summed E-state index contributed by atoms with van der Waals surface area (Å²) in [6, 6.07) is 8.21. The number of carbonyl (C=O) groups excluding carboxylic acids is 1. The first-order valence-electron chi connectivity index (χ1n) is 7.77. The zero-order chi connectivity index (χ0) is 16.8. The number of hydrogen-bond acceptors (Lipinski definition) is 4. The molecule has 0 fully saturated rings. The SMILES string of the molecule is CCN(c1ccccc1C)C(CN)CNC(=O)OC(C)(C)C. The van der Waals surface area contributed by atoms with Crippen LogP contribution in [0.5, 0.6) is 0 Å². The third-order valence-electron chi connectivity index (χ3n) is 3.36. The second-order valence-corrected chi connectivity index (χ2v) is 6.34. The van der Waals surface area contributed by atoms with Gasteiger partial charge < -0.3 is 20.7 Å². The number of rotatable bonds is 6. The third-order valence-corrected chi connectivity index (χ3v) is 3.36. The van der Waals surface area contributed by atoms with Gasteiger partial charge >= 0.3 is 6.09 Å². The molecular weight excluding hydrogens is 278 g/mol. The van der Waals surface area contributed by atoms with E-state index in [9.17, 15) is 4.79 Å². The van der Waals surface area contributed by atoms with Gasteiger partial charge in [0.2, 0.25) is 0 Å². The van der Waals surface area contributed by atoms with Crippen LogP contribution < -0.4 is 16.0 Å². The largest absolute Gasteiger partial charge is 0.444 e. The second-order valence-electron chi connectivity index (χ2n) is 6.34. The predicted octanol–water partition coefficient (Wildman–Crippen LogP) is 2.67. The normalized spacial score (nSPS) is 12.6. The number of alkyl carbamates (subject to hydrolysis) is 1. The van der Waals surface area contributed by atoms with Crippen LogP contribution in [0.3, 0.4) is 0 Å². The van der Waals surface area contributed by atoms with Crippen molar-refractivity contribution < 1.29 is 9.53 Å². The van der Waals surface area contributed by atoms with Crippen molar-refractivity contribution in [3.8, 4) is 0 Å². The summed E-state index contributed by atoms with van der Waals surface area (Å²) in [4.78, 5) is 14.0. The molecule has 0 aliphatic rings. The average molecular weight is 307 g/mol. The number of nitrogens with two attached hydrogens (primary N) is 1. The van der Waals surface area contributed by atoms with Crippen molar-refractivity contribution in [3.63, 3.8) is 0 Å². The van der Waals surface area contributed by atoms with E-state index in [1.807, 2.05) is 32.9 Å². The minimum atomic E-state index is -0.497. The lowest BCUT2D eigenvalue weighted by Crippen LogP contribution is -2.49. The Hall–Kier alpha value is -1.75. The van der Waals surface area contributed by atoms with E-state index in [4.69, 9.17) is 10.5 Å². The molecule has 3 N–H and O–H groups in total. The summed E-state index contributed by atoms with van der Waals surface area (Å²) in [5, 5.41) is 2.81. The minimum Gasteiger partial charge on any atom is -0.444 e. The van der Waals surface area contributed by atoms with Crippen LogP contribution in [0.4, 0.5) is 10.5 Å². The van der Waals surface area contributed by atoms with Crippen molar-refractivity contribution in [1.29, 1.82) is 0 Å². The molecule has 0 aromatic heterocycles. The molecule has 0 aliphatic carbocycles. The molecular formula is C17H29N3O2. The molecule has 0 bridgehead atoms. The quantitative estimate of drug-likeness (QED) is 0.848. The van der Waals surface area contributed by atoms with Crippen LogP contribution in [0.2, 0.25) is 0 Å². The van der Waals surface area contributed by atoms with E-state index in [0.717, 1.165) is 12.2 Å². The van der Waals surface area contributed by atoms with Crippen molar-refractivity contribution in [2.45, 2.75) is 46.3 Å². The van der Waals surface area contributed by atoms with Gasteiger partial charge in [0, 0.05) is 25.3 Å². The highest BCUT2D eigenvalue weighted by molar-refractivity contribution is 5.67. The number of amides is 1. The van der Waals surface area contributed by atoms with Crippen LogP contribution in [0, 0.1) is 6.92 Å². The molecule has 1 unspecified atom stereocenters. The number of nitrogens with zero attached hydrogens (tertiary/aromatic N) is 1. The summed E-state index contributed by atoms with van der Waals surface area (Å²) < 4.78 is 5.27. The number of nitrogens with one attached hydrogen (secondary N) is 1. The third kappa shape index (κ3) is 5.56. The van der Waals surface area contributed by atoms with Crippen LogP contribution in [0.1, 0.15) is 33.3 Å². The van der Waals surface area contributed by atoms with Gasteiger partial charge in [-0.25, -0.2) is 4.79 Å². The number of likely N-dealkylation sites (N-methyl/N-ethyl adjacent to an activating group) is 1. The van der Waals surface area contributed by atoms with E-state index < -0.39 is 11.7 Å². The molecule has 1 amide bonds. The number of aryl methyl sites for hydroxylation is 1. The van der Waals surface area contributed by atoms with Crippen LogP contribution in [0.15, 0.2) is 24.3 Å². The maximum Gasteiger partial charge on any atom is 0.407 e. The van der Waals surface area contributed by atoms with E-state index >= 15 is 0 Å². The summed E-state index contributed by atoms with van der Waals surface area (Å²) in [6.45, 7) is 11.4. The minimum absolute atomic E-state index is 0.0265. The standard InChI is InChI=1S/C17H29N3O2/c1-6-20(15-10-8-7-9-13(15)2)14(11-18)12-19-16(21)22-17(3,4)5/h7-10,14H,6,11-12,18H2,1-5H3,(H,19,21). The molecule has 0 heterocycles. The summed E-state index contributed by atoms with van der Waals surface area (Å²) >= 11 is 0. The number of anilines is 1. The maximum absolute atomic E-state index is 11.8. The summed E-state index contributed by atoms with van der Waals surface area (Å²) in [7, 11) is 0. The van der Waals surface area contributed by atoms with E-state index in [1.165, 1.54) is 5.56 Å². The van der Waals surface area contributed by atoms with Gasteiger partial charge in [-0.1, -0.05) is 18.2 Å². The summed E-state index contributed by atoms with van der Waals surface area (Å²) in [5.41, 5.74) is 7.76. The number of ether oxygens (including phenoxy) is 1. The second kappa shape index (κ2) is 8.03. The molecule has 0 aliphatic heterocycles. The number of carbonyl (C=O) groups is 1. The van der Waals surface area contributed by atoms with Gasteiger partial charge in [0.15, 0.2) is 0 Å². The van der Waals surface area contributed by atoms with Gasteiger partial charge in [-0.3, -0.25) is 0 Å². The van der Waals surface area contributed by atoms with Gasteiger partial charge in [-0.05, 0) is 46.2 Å². The first kappa shape index (κ1) is 18.3. The van der Waals surface area contributed by atoms with Gasteiger partial charge in [0.25, 0.3) is 0 Å². The van der Waals surface area contributed by atoms with Crippen LogP contribution in [-0.4, -0.2) is 37.4 Å². The number of para-hydroxylation sites is 1. The van der Waals surface area contributed by atoms with Crippen LogP contribution in [-0.2, 0) is 4.74 Å². The first-order chi connectivity index (χ1) is 10.3. The molecule has 1 aromatic carbocycles. The highest BCUT2D eigenvalue weighted by atomic mass is 16.6. The Kier molecular flexibility index (Phi) is 6.68. The van der Waals surface area contributed by atoms with Crippen molar-refractivity contribution in [3.05, 3.63) is 29.8 Å². The highest BCUT2D eigenvalue weighted by Crippen LogP contribution is 2.21. The molecule has 5 heteroatoms. The monoisotopic (exact) mass is 307 g/mol. The zero-order valence-corrected chi connectivity index (χ0v) is 14.3. The Bertz CT molecular complexity index is 483. The molecule has 0 saturated carbocycles. The smallest absolute Gasteiger partial charge is 0.407 e. The molecule has 1 atom stereocenters. The van der Waals surface area contributed by atoms with Crippen LogP contribution in [0.25, 0.3) is 0 Å². The molecule has 22 heavy (non-hydrogen) atoms. The maximum atomic E-state index is 11.8. The lowest BCUT2D eigenvalue weighted by molar-refractivity contribution is 0.0524. The zero-order valence-electron chi connectivity index (χ0n) is 14.3. The molecule has 1 rings (SSSR count). The number of hydrogen-bond donors (Lipinski definition) is 2.